The molecule has 6 rings (SSSR count). The SMILES string of the molecule is CON=C1C[C@@H](C)O[C@@H](O[C@@H]2[C@@H](C)[C@H](O[C@H]3CC(C)N(CCNCc4ccccc4[NH+]=O)C[C@H](C)O3)[C@@H](C)C(=O)O[C@H]([C@@H](C)CO[C@@H]3O[C@H](C)[C@@H](O)[C@@H](OC)[C@H]3OC)[C@H](C)[C@@H](OC(=O)CC(C)C)[C@@H](C)C(=O)[C@@](C)(OC(=O)NCc3ccccc3)C[C@@H]2C)[C@@H]1O.[Cl-]. The molecule has 0 aliphatic carbocycles. The molecule has 0 aromatic heterocycles. The van der Waals surface area contributed by atoms with E-state index in [1.165, 1.54) is 28.3 Å². The van der Waals surface area contributed by atoms with Gasteiger partial charge in [0.15, 0.2) is 30.3 Å². The third-order valence-electron chi connectivity index (χ3n) is 18.0. The van der Waals surface area contributed by atoms with E-state index < -0.39 is 145 Å². The fourth-order valence-corrected chi connectivity index (χ4v) is 13.2. The van der Waals surface area contributed by atoms with Gasteiger partial charge in [-0.25, -0.2) is 4.79 Å². The van der Waals surface area contributed by atoms with Crippen LogP contribution in [0.2, 0.25) is 0 Å². The van der Waals surface area contributed by atoms with Gasteiger partial charge in [0.25, 0.3) is 5.69 Å². The van der Waals surface area contributed by atoms with Crippen molar-refractivity contribution >= 4 is 35.2 Å². The summed E-state index contributed by atoms with van der Waals surface area (Å²) in [6.45, 7) is 25.5. The number of hydrogen-bond acceptors (Lipinski definition) is 22. The van der Waals surface area contributed by atoms with E-state index in [1.807, 2.05) is 82.3 Å². The largest absolute Gasteiger partial charge is 1.00 e. The van der Waals surface area contributed by atoms with Crippen LogP contribution in [0.5, 0.6) is 0 Å². The Kier molecular flexibility index (Phi) is 30.6. The summed E-state index contributed by atoms with van der Waals surface area (Å²) in [5, 5.41) is 35.4. The Morgan fingerprint density at radius 1 is 0.802 bits per heavy atom. The Morgan fingerprint density at radius 2 is 1.48 bits per heavy atom. The molecule has 0 bridgehead atoms. The maximum Gasteiger partial charge on any atom is 0.408 e. The van der Waals surface area contributed by atoms with Gasteiger partial charge >= 0.3 is 18.0 Å². The smallest absolute Gasteiger partial charge is 0.408 e. The number of aliphatic hydroxyl groups is 2. The van der Waals surface area contributed by atoms with E-state index in [2.05, 4.69) is 27.6 Å². The number of rotatable bonds is 23. The summed E-state index contributed by atoms with van der Waals surface area (Å²) in [6.07, 6.45) is -14.2. The number of oxime groups is 1. The summed E-state index contributed by atoms with van der Waals surface area (Å²) in [5.41, 5.74) is 0.399. The normalized spacial score (nSPS) is 35.6. The molecule has 1 amide bonds. The first kappa shape index (κ1) is 76.9. The van der Waals surface area contributed by atoms with Gasteiger partial charge in [-0.1, -0.05) is 102 Å². The number of esters is 2. The number of cyclic esters (lactones) is 1. The molecule has 0 radical (unpaired) electrons. The van der Waals surface area contributed by atoms with E-state index in [0.29, 0.717) is 38.3 Å². The van der Waals surface area contributed by atoms with Gasteiger partial charge in [-0.2, -0.15) is 0 Å². The van der Waals surface area contributed by atoms with Gasteiger partial charge in [-0.15, -0.1) is 0 Å². The van der Waals surface area contributed by atoms with E-state index in [-0.39, 0.29) is 68.6 Å². The van der Waals surface area contributed by atoms with E-state index in [9.17, 15) is 24.7 Å². The van der Waals surface area contributed by atoms with E-state index in [0.717, 1.165) is 11.1 Å². The van der Waals surface area contributed by atoms with E-state index in [1.54, 1.807) is 53.7 Å². The number of ether oxygens (including phenoxy) is 11. The van der Waals surface area contributed by atoms with Crippen LogP contribution < -0.4 is 28.2 Å². The molecular weight excluding hydrogens is 1200 g/mol. The molecule has 25 heteroatoms. The quantitative estimate of drug-likeness (QED) is 0.0463. The zero-order valence-electron chi connectivity index (χ0n) is 56.1. The predicted octanol–water partition coefficient (Wildman–Crippen LogP) is 2.85. The molecule has 4 aliphatic heterocycles. The molecule has 0 spiro atoms. The zero-order valence-corrected chi connectivity index (χ0v) is 56.8. The van der Waals surface area contributed by atoms with E-state index >= 15 is 9.59 Å². The van der Waals surface area contributed by atoms with Gasteiger partial charge in [0.1, 0.15) is 43.7 Å². The number of benzene rings is 2. The van der Waals surface area contributed by atoms with Crippen LogP contribution in [-0.4, -0.2) is 190 Å². The Balaban J connectivity index is 0.0000150. The predicted molar refractivity (Wildman–Crippen MR) is 331 cm³/mol. The molecule has 4 aliphatic rings. The first-order valence-corrected chi connectivity index (χ1v) is 32.0. The summed E-state index contributed by atoms with van der Waals surface area (Å²) in [4.78, 5) is 79.2. The molecule has 24 nitrogen and oxygen atoms in total. The van der Waals surface area contributed by atoms with Crippen molar-refractivity contribution in [2.75, 3.05) is 47.6 Å². The lowest BCUT2D eigenvalue weighted by molar-refractivity contribution is -0.380. The van der Waals surface area contributed by atoms with Crippen LogP contribution >= 0.6 is 0 Å². The average molecular weight is 1310 g/mol. The summed E-state index contributed by atoms with van der Waals surface area (Å²) in [5.74, 6) is -7.70. The van der Waals surface area contributed by atoms with Crippen LogP contribution in [0.3, 0.4) is 0 Å². The van der Waals surface area contributed by atoms with Gasteiger partial charge in [-0.05, 0) is 65.4 Å². The Bertz CT molecular complexity index is 2630. The lowest BCUT2D eigenvalue weighted by Gasteiger charge is -2.45. The zero-order chi connectivity index (χ0) is 66.1. The van der Waals surface area contributed by atoms with Gasteiger partial charge in [-0.3, -0.25) is 19.3 Å². The van der Waals surface area contributed by atoms with Crippen LogP contribution in [0.25, 0.3) is 0 Å². The molecule has 1 unspecified atom stereocenters. The molecule has 0 saturated carbocycles. The molecule has 2 aromatic rings. The molecule has 4 fully saturated rings. The monoisotopic (exact) mass is 1310 g/mol. The van der Waals surface area contributed by atoms with Crippen molar-refractivity contribution in [1.82, 2.24) is 15.5 Å². The standard InChI is InChI=1S/C66H103N5O19.ClH/c1-36(2)28-51(72)86-57-43(9)56(38(4)35-82-64-60(80-15)59(79-14)53(73)46(12)85-64)88-62(76)45(11)58(87-52-29-39(5)71(34-41(7)83-52)27-26-67-33-48-24-20-21-25-49(48)69-78)42(8)55(89-63-54(74)50(70-81-16)30-40(6)84-63)37(3)31-66(13,61(75)44(57)10)90-65(77)68-32-47-22-18-17-19-23-47;/h17-25,36-46,52-60,63-64,67,73-74H,26-35H2,1-16H3,(H,68,77);1H/t37-,38-,39?,40+,41-,42+,43-,44+,45+,46+,52-,53+,54+,55-,56+,57+,58-,59+,60+,63-,64+,66-;/m0./s1. The fraction of sp³-hybridized carbons (Fsp3) is 0.742. The van der Waals surface area contributed by atoms with Gasteiger partial charge in [0.05, 0.1) is 54.7 Å². The number of ketones is 1. The number of alkyl carbamates (subject to hydrolysis) is 1. The lowest BCUT2D eigenvalue weighted by Crippen LogP contribution is -3.00. The highest BCUT2D eigenvalue weighted by Gasteiger charge is 2.53. The minimum absolute atomic E-state index is 0. The lowest BCUT2D eigenvalue weighted by atomic mass is 9.74. The molecule has 514 valence electrons. The first-order chi connectivity index (χ1) is 42.7. The molecule has 5 N–H and O–H groups in total. The van der Waals surface area contributed by atoms with Crippen molar-refractivity contribution < 1.29 is 104 Å². The fourth-order valence-electron chi connectivity index (χ4n) is 13.2. The summed E-state index contributed by atoms with van der Waals surface area (Å²) in [7, 11) is 4.28. The van der Waals surface area contributed by atoms with Crippen LogP contribution in [0.4, 0.5) is 10.5 Å². The van der Waals surface area contributed by atoms with Crippen molar-refractivity contribution in [3.05, 3.63) is 70.6 Å². The third kappa shape index (κ3) is 20.8. The highest BCUT2D eigenvalue weighted by atomic mass is 35.5. The maximum absolute atomic E-state index is 16.0. The van der Waals surface area contributed by atoms with Crippen molar-refractivity contribution in [3.63, 3.8) is 0 Å². The number of para-hydroxylation sites is 1. The summed E-state index contributed by atoms with van der Waals surface area (Å²) < 4.78 is 71.2. The third-order valence-corrected chi connectivity index (χ3v) is 18.0. The van der Waals surface area contributed by atoms with Gasteiger partial charge in [0.2, 0.25) is 0 Å². The Hall–Kier alpha value is -4.80. The van der Waals surface area contributed by atoms with Crippen LogP contribution in [0.15, 0.2) is 59.8 Å². The van der Waals surface area contributed by atoms with Crippen molar-refractivity contribution in [2.24, 2.45) is 46.6 Å². The molecule has 2 aromatic carbocycles. The Morgan fingerprint density at radius 3 is 2.14 bits per heavy atom. The number of nitrogens with zero attached hydrogens (tertiary/aromatic N) is 2. The molecule has 4 saturated heterocycles. The second kappa shape index (κ2) is 36.2. The highest BCUT2D eigenvalue weighted by Crippen LogP contribution is 2.41. The topological polar surface area (TPSA) is 290 Å². The highest BCUT2D eigenvalue weighted by molar-refractivity contribution is 5.91. The molecule has 91 heavy (non-hydrogen) atoms. The molecular formula is C66H104ClN5O19. The van der Waals surface area contributed by atoms with Crippen LogP contribution in [0, 0.1) is 46.3 Å². The van der Waals surface area contributed by atoms with Crippen molar-refractivity contribution in [3.8, 4) is 0 Å². The van der Waals surface area contributed by atoms with Crippen LogP contribution in [0.1, 0.15) is 127 Å². The summed E-state index contributed by atoms with van der Waals surface area (Å²) in [6, 6.07) is 16.4. The maximum atomic E-state index is 16.0. The van der Waals surface area contributed by atoms with Crippen molar-refractivity contribution in [1.29, 1.82) is 0 Å². The number of amides is 1. The van der Waals surface area contributed by atoms with Gasteiger partial charge in [0, 0.05) is 112 Å². The van der Waals surface area contributed by atoms with Crippen molar-refractivity contribution in [2.45, 2.75) is 226 Å². The second-order valence-corrected chi connectivity index (χ2v) is 26.0. The average Bonchev–Trinajstić information content (AvgIpc) is 0.982. The Labute approximate surface area is 543 Å². The number of carbonyl (C=O) groups is 4. The minimum atomic E-state index is -1.99. The molecule has 4 heterocycles. The number of nitrogens with one attached hydrogen (secondary N) is 3. The first-order valence-electron chi connectivity index (χ1n) is 32.0. The number of Topliss-reactive ketones (excluding diaryl/α,β-unsaturated/α-hetero) is 1. The van der Waals surface area contributed by atoms with Crippen LogP contribution in [-0.2, 0) is 84.4 Å². The number of hydrogen-bond donors (Lipinski definition) is 5. The second-order valence-electron chi connectivity index (χ2n) is 26.0. The molecule has 22 atom stereocenters. The minimum Gasteiger partial charge on any atom is -1.00 e. The van der Waals surface area contributed by atoms with Gasteiger partial charge < -0.3 is 90.2 Å². The number of nitroso groups, excluding NO2 is 1. The summed E-state index contributed by atoms with van der Waals surface area (Å²) >= 11 is 0. The number of halogens is 1. The number of carbonyl (C=O) groups excluding carboxylic acids is 4. The van der Waals surface area contributed by atoms with E-state index in [4.69, 9.17) is 56.9 Å². The number of methoxy groups -OCH3 is 2. The number of aliphatic hydroxyl groups excluding tert-OH is 2.